The second-order valence-corrected chi connectivity index (χ2v) is 7.88. The molecule has 28 heavy (non-hydrogen) atoms. The highest BCUT2D eigenvalue weighted by molar-refractivity contribution is 7.12. The third kappa shape index (κ3) is 4.20. The summed E-state index contributed by atoms with van der Waals surface area (Å²) in [6.45, 7) is 0.953. The summed E-state index contributed by atoms with van der Waals surface area (Å²) in [7, 11) is 0. The molecule has 0 aliphatic carbocycles. The monoisotopic (exact) mass is 394 g/mol. The molecule has 0 atom stereocenters. The molecule has 1 aromatic carbocycles. The van der Waals surface area contributed by atoms with E-state index in [1.807, 2.05) is 35.7 Å². The number of ketones is 1. The Hall–Kier alpha value is -2.80. The average Bonchev–Trinajstić information content (AvgIpc) is 3.33. The standard InChI is InChI=1S/C21H22N4O2S/c26-17(18-5-4-14-28-18)11-12-20(27)22-16-9-7-15(8-10-16)21-24-23-19-6-2-1-3-13-25(19)21/h4-5,7-10,14H,1-3,6,11-13H2,(H,22,27). The second-order valence-electron chi connectivity index (χ2n) is 6.93. The average molecular weight is 395 g/mol. The number of hydrogen-bond donors (Lipinski definition) is 1. The zero-order chi connectivity index (χ0) is 19.3. The van der Waals surface area contributed by atoms with Crippen LogP contribution in [-0.2, 0) is 17.8 Å². The quantitative estimate of drug-likeness (QED) is 0.631. The number of nitrogens with one attached hydrogen (secondary N) is 1. The number of aryl methyl sites for hydroxylation is 1. The molecule has 1 amide bonds. The summed E-state index contributed by atoms with van der Waals surface area (Å²) >= 11 is 1.40. The number of anilines is 1. The molecular weight excluding hydrogens is 372 g/mol. The van der Waals surface area contributed by atoms with Crippen LogP contribution >= 0.6 is 11.3 Å². The summed E-state index contributed by atoms with van der Waals surface area (Å²) in [5.74, 6) is 1.79. The Bertz CT molecular complexity index is 961. The maximum absolute atomic E-state index is 12.1. The van der Waals surface area contributed by atoms with Gasteiger partial charge in [-0.3, -0.25) is 9.59 Å². The van der Waals surface area contributed by atoms with E-state index >= 15 is 0 Å². The van der Waals surface area contributed by atoms with Gasteiger partial charge in [0.2, 0.25) is 5.91 Å². The van der Waals surface area contributed by atoms with E-state index in [1.54, 1.807) is 6.07 Å². The topological polar surface area (TPSA) is 76.9 Å². The Morgan fingerprint density at radius 2 is 1.89 bits per heavy atom. The van der Waals surface area contributed by atoms with Crippen LogP contribution in [-0.4, -0.2) is 26.5 Å². The summed E-state index contributed by atoms with van der Waals surface area (Å²) in [5, 5.41) is 13.4. The van der Waals surface area contributed by atoms with Gasteiger partial charge in [-0.25, -0.2) is 0 Å². The fraction of sp³-hybridized carbons (Fsp3) is 0.333. The molecule has 1 N–H and O–H groups in total. The van der Waals surface area contributed by atoms with Crippen molar-refractivity contribution >= 4 is 28.7 Å². The molecule has 1 aliphatic heterocycles. The summed E-state index contributed by atoms with van der Waals surface area (Å²) in [6.07, 6.45) is 4.91. The summed E-state index contributed by atoms with van der Waals surface area (Å²) < 4.78 is 2.21. The Morgan fingerprint density at radius 1 is 1.04 bits per heavy atom. The molecule has 3 heterocycles. The summed E-state index contributed by atoms with van der Waals surface area (Å²) in [4.78, 5) is 24.8. The van der Waals surface area contributed by atoms with E-state index in [0.29, 0.717) is 10.6 Å². The predicted molar refractivity (Wildman–Crippen MR) is 110 cm³/mol. The van der Waals surface area contributed by atoms with Crippen LogP contribution in [0.4, 0.5) is 5.69 Å². The third-order valence-corrected chi connectivity index (χ3v) is 5.82. The number of hydrogen-bond acceptors (Lipinski definition) is 5. The van der Waals surface area contributed by atoms with Crippen molar-refractivity contribution in [3.05, 3.63) is 52.5 Å². The lowest BCUT2D eigenvalue weighted by molar-refractivity contribution is -0.116. The van der Waals surface area contributed by atoms with Crippen molar-refractivity contribution in [2.24, 2.45) is 0 Å². The van der Waals surface area contributed by atoms with E-state index < -0.39 is 0 Å². The number of thiophene rings is 1. The van der Waals surface area contributed by atoms with Gasteiger partial charge in [0.15, 0.2) is 11.6 Å². The van der Waals surface area contributed by atoms with Crippen LogP contribution in [0.25, 0.3) is 11.4 Å². The third-order valence-electron chi connectivity index (χ3n) is 4.91. The van der Waals surface area contributed by atoms with Crippen LogP contribution < -0.4 is 5.32 Å². The van der Waals surface area contributed by atoms with Gasteiger partial charge in [-0.15, -0.1) is 21.5 Å². The number of carbonyl (C=O) groups excluding carboxylic acids is 2. The van der Waals surface area contributed by atoms with Gasteiger partial charge < -0.3 is 9.88 Å². The minimum absolute atomic E-state index is 0.00740. The van der Waals surface area contributed by atoms with Gasteiger partial charge in [0.25, 0.3) is 0 Å². The van der Waals surface area contributed by atoms with Crippen LogP contribution in [0.2, 0.25) is 0 Å². The van der Waals surface area contributed by atoms with Crippen molar-refractivity contribution in [3.63, 3.8) is 0 Å². The van der Waals surface area contributed by atoms with Crippen LogP contribution in [0.5, 0.6) is 0 Å². The molecule has 3 aromatic rings. The molecule has 0 bridgehead atoms. The van der Waals surface area contributed by atoms with Gasteiger partial charge in [0.1, 0.15) is 5.82 Å². The number of amides is 1. The Morgan fingerprint density at radius 3 is 2.68 bits per heavy atom. The van der Waals surface area contributed by atoms with Crippen LogP contribution in [0.3, 0.4) is 0 Å². The van der Waals surface area contributed by atoms with Crippen LogP contribution in [0, 0.1) is 0 Å². The molecule has 0 spiro atoms. The highest BCUT2D eigenvalue weighted by Gasteiger charge is 2.16. The van der Waals surface area contributed by atoms with Crippen molar-refractivity contribution < 1.29 is 9.59 Å². The molecule has 0 saturated carbocycles. The normalized spacial score (nSPS) is 13.6. The number of aromatic nitrogens is 3. The highest BCUT2D eigenvalue weighted by Crippen LogP contribution is 2.24. The molecule has 0 fully saturated rings. The molecule has 4 rings (SSSR count). The first-order valence-electron chi connectivity index (χ1n) is 9.60. The lowest BCUT2D eigenvalue weighted by Crippen LogP contribution is -2.13. The lowest BCUT2D eigenvalue weighted by Gasteiger charge is -2.08. The van der Waals surface area contributed by atoms with E-state index in [1.165, 1.54) is 17.8 Å². The second kappa shape index (κ2) is 8.48. The molecule has 0 radical (unpaired) electrons. The van der Waals surface area contributed by atoms with Gasteiger partial charge in [-0.1, -0.05) is 12.5 Å². The molecule has 0 saturated heterocycles. The van der Waals surface area contributed by atoms with Gasteiger partial charge in [-0.05, 0) is 48.6 Å². The van der Waals surface area contributed by atoms with Crippen molar-refractivity contribution in [1.29, 1.82) is 0 Å². The minimum Gasteiger partial charge on any atom is -0.326 e. The van der Waals surface area contributed by atoms with E-state index in [0.717, 1.165) is 43.0 Å². The fourth-order valence-corrected chi connectivity index (χ4v) is 4.11. The van der Waals surface area contributed by atoms with Crippen molar-refractivity contribution in [3.8, 4) is 11.4 Å². The number of Topliss-reactive ketones (excluding diaryl/α,β-unsaturated/α-hetero) is 1. The Kier molecular flexibility index (Phi) is 5.62. The summed E-state index contributed by atoms with van der Waals surface area (Å²) in [6, 6.07) is 11.3. The maximum atomic E-state index is 12.1. The zero-order valence-corrected chi connectivity index (χ0v) is 16.4. The predicted octanol–water partition coefficient (Wildman–Crippen LogP) is 4.33. The smallest absolute Gasteiger partial charge is 0.224 e. The van der Waals surface area contributed by atoms with Crippen molar-refractivity contribution in [2.45, 2.75) is 45.1 Å². The van der Waals surface area contributed by atoms with E-state index in [4.69, 9.17) is 0 Å². The van der Waals surface area contributed by atoms with Crippen molar-refractivity contribution in [1.82, 2.24) is 14.8 Å². The van der Waals surface area contributed by atoms with Gasteiger partial charge >= 0.3 is 0 Å². The van der Waals surface area contributed by atoms with Crippen LogP contribution in [0.1, 0.15) is 47.6 Å². The van der Waals surface area contributed by atoms with Gasteiger partial charge in [-0.2, -0.15) is 0 Å². The minimum atomic E-state index is -0.158. The molecule has 0 unspecified atom stereocenters. The molecule has 2 aromatic heterocycles. The maximum Gasteiger partial charge on any atom is 0.224 e. The van der Waals surface area contributed by atoms with E-state index in [9.17, 15) is 9.59 Å². The molecule has 6 nitrogen and oxygen atoms in total. The summed E-state index contributed by atoms with van der Waals surface area (Å²) in [5.41, 5.74) is 1.71. The van der Waals surface area contributed by atoms with E-state index in [2.05, 4.69) is 20.1 Å². The first-order valence-corrected chi connectivity index (χ1v) is 10.5. The largest absolute Gasteiger partial charge is 0.326 e. The molecule has 1 aliphatic rings. The fourth-order valence-electron chi connectivity index (χ4n) is 3.41. The zero-order valence-electron chi connectivity index (χ0n) is 15.6. The number of fused-ring (bicyclic) bond motifs is 1. The van der Waals surface area contributed by atoms with Gasteiger partial charge in [0, 0.05) is 37.1 Å². The molecule has 7 heteroatoms. The first-order chi connectivity index (χ1) is 13.7. The number of rotatable bonds is 6. The van der Waals surface area contributed by atoms with E-state index in [-0.39, 0.29) is 24.5 Å². The molecule has 144 valence electrons. The van der Waals surface area contributed by atoms with Crippen molar-refractivity contribution in [2.75, 3.05) is 5.32 Å². The SMILES string of the molecule is O=C(CCC(=O)c1cccs1)Nc1ccc(-c2nnc3n2CCCCC3)cc1. The Balaban J connectivity index is 1.36. The van der Waals surface area contributed by atoms with Gasteiger partial charge in [0.05, 0.1) is 4.88 Å². The molecular formula is C21H22N4O2S. The number of nitrogens with zero attached hydrogens (tertiary/aromatic N) is 3. The lowest BCUT2D eigenvalue weighted by atomic mass is 10.1. The van der Waals surface area contributed by atoms with Crippen LogP contribution in [0.15, 0.2) is 41.8 Å². The highest BCUT2D eigenvalue weighted by atomic mass is 32.1. The number of benzene rings is 1. The number of carbonyl (C=O) groups is 2. The first kappa shape index (κ1) is 18.6. The Labute approximate surface area is 167 Å².